The van der Waals surface area contributed by atoms with Crippen LogP contribution in [0.1, 0.15) is 25.3 Å². The van der Waals surface area contributed by atoms with Crippen LogP contribution in [0.4, 0.5) is 0 Å². The van der Waals surface area contributed by atoms with Crippen LogP contribution in [0.15, 0.2) is 24.3 Å². The van der Waals surface area contributed by atoms with Crippen molar-refractivity contribution in [1.82, 2.24) is 9.80 Å². The maximum Gasteiger partial charge on any atom is 0.246 e. The molecule has 3 rings (SSSR count). The number of hydrogen-bond donors (Lipinski definition) is 0. The molecule has 0 unspecified atom stereocenters. The number of amides is 2. The second-order valence-electron chi connectivity index (χ2n) is 5.46. The van der Waals surface area contributed by atoms with Crippen molar-refractivity contribution in [3.63, 3.8) is 0 Å². The second kappa shape index (κ2) is 5.09. The van der Waals surface area contributed by atoms with Crippen LogP contribution in [-0.4, -0.2) is 40.2 Å². The van der Waals surface area contributed by atoms with Gasteiger partial charge in [-0.15, -0.1) is 0 Å². The number of piperazine rings is 1. The van der Waals surface area contributed by atoms with E-state index in [1.807, 2.05) is 18.2 Å². The summed E-state index contributed by atoms with van der Waals surface area (Å²) in [5.74, 6) is 0.128. The molecule has 2 saturated heterocycles. The first-order valence-corrected chi connectivity index (χ1v) is 7.31. The third-order valence-corrected chi connectivity index (χ3v) is 4.41. The topological polar surface area (TPSA) is 40.6 Å². The van der Waals surface area contributed by atoms with Crippen molar-refractivity contribution < 1.29 is 9.59 Å². The predicted octanol–water partition coefficient (Wildman–Crippen LogP) is 2.06. The van der Waals surface area contributed by atoms with Crippen molar-refractivity contribution in [2.24, 2.45) is 0 Å². The van der Waals surface area contributed by atoms with E-state index in [9.17, 15) is 9.59 Å². The number of halogens is 1. The van der Waals surface area contributed by atoms with Gasteiger partial charge in [-0.05, 0) is 37.5 Å². The van der Waals surface area contributed by atoms with Gasteiger partial charge in [-0.25, -0.2) is 0 Å². The van der Waals surface area contributed by atoms with E-state index in [0.29, 0.717) is 18.1 Å². The van der Waals surface area contributed by atoms with Gasteiger partial charge < -0.3 is 9.80 Å². The predicted molar refractivity (Wildman–Crippen MR) is 76.2 cm³/mol. The molecule has 2 aliphatic rings. The van der Waals surface area contributed by atoms with Gasteiger partial charge in [0.25, 0.3) is 0 Å². The smallest absolute Gasteiger partial charge is 0.246 e. The fourth-order valence-corrected chi connectivity index (χ4v) is 3.30. The van der Waals surface area contributed by atoms with Crippen molar-refractivity contribution in [1.29, 1.82) is 0 Å². The number of fused-ring (bicyclic) bond motifs is 1. The highest BCUT2D eigenvalue weighted by Crippen LogP contribution is 2.28. The summed E-state index contributed by atoms with van der Waals surface area (Å²) in [6.07, 6.45) is 1.70. The summed E-state index contributed by atoms with van der Waals surface area (Å²) in [5, 5.41) is 0.647. The number of carbonyl (C=O) groups is 2. The van der Waals surface area contributed by atoms with E-state index in [1.165, 1.54) is 0 Å². The fourth-order valence-electron chi connectivity index (χ4n) is 3.09. The number of carbonyl (C=O) groups excluding carboxylic acids is 2. The average Bonchev–Trinajstić information content (AvgIpc) is 2.91. The van der Waals surface area contributed by atoms with E-state index in [4.69, 9.17) is 11.6 Å². The first kappa shape index (κ1) is 13.4. The lowest BCUT2D eigenvalue weighted by Crippen LogP contribution is -2.61. The molecule has 4 nitrogen and oxygen atoms in total. The molecule has 20 heavy (non-hydrogen) atoms. The molecule has 2 amide bonds. The summed E-state index contributed by atoms with van der Waals surface area (Å²) in [5.41, 5.74) is 0.956. The number of hydrogen-bond acceptors (Lipinski definition) is 2. The van der Waals surface area contributed by atoms with Crippen LogP contribution in [-0.2, 0) is 16.1 Å². The zero-order valence-electron chi connectivity index (χ0n) is 11.4. The fraction of sp³-hybridized carbons (Fsp3) is 0.467. The van der Waals surface area contributed by atoms with Crippen LogP contribution in [0.5, 0.6) is 0 Å². The molecular weight excluding hydrogens is 276 g/mol. The largest absolute Gasteiger partial charge is 0.329 e. The van der Waals surface area contributed by atoms with Gasteiger partial charge in [0.15, 0.2) is 0 Å². The lowest BCUT2D eigenvalue weighted by molar-refractivity contribution is -0.159. The molecule has 2 heterocycles. The summed E-state index contributed by atoms with van der Waals surface area (Å²) in [6, 6.07) is 6.79. The molecule has 0 aliphatic carbocycles. The lowest BCUT2D eigenvalue weighted by Gasteiger charge is -2.41. The molecule has 2 aliphatic heterocycles. The Balaban J connectivity index is 1.84. The Hall–Kier alpha value is -1.55. The van der Waals surface area contributed by atoms with Crippen molar-refractivity contribution in [2.45, 2.75) is 38.4 Å². The molecule has 1 aromatic rings. The van der Waals surface area contributed by atoms with Gasteiger partial charge in [-0.2, -0.15) is 0 Å². The van der Waals surface area contributed by atoms with Crippen molar-refractivity contribution in [2.75, 3.05) is 6.54 Å². The zero-order chi connectivity index (χ0) is 14.3. The van der Waals surface area contributed by atoms with Crippen LogP contribution >= 0.6 is 11.6 Å². The highest BCUT2D eigenvalue weighted by molar-refractivity contribution is 6.30. The molecular formula is C15H17ClN2O2. The summed E-state index contributed by atoms with van der Waals surface area (Å²) in [7, 11) is 0. The second-order valence-corrected chi connectivity index (χ2v) is 5.90. The summed E-state index contributed by atoms with van der Waals surface area (Å²) in [6.45, 7) is 2.96. The van der Waals surface area contributed by atoms with E-state index in [-0.39, 0.29) is 17.9 Å². The van der Waals surface area contributed by atoms with Crippen LogP contribution in [0, 0.1) is 0 Å². The van der Waals surface area contributed by atoms with Gasteiger partial charge in [0.05, 0.1) is 0 Å². The molecule has 1 aromatic carbocycles. The lowest BCUT2D eigenvalue weighted by atomic mass is 10.0. The molecule has 0 bridgehead atoms. The van der Waals surface area contributed by atoms with Gasteiger partial charge >= 0.3 is 0 Å². The normalized spacial score (nSPS) is 26.1. The van der Waals surface area contributed by atoms with E-state index in [2.05, 4.69) is 0 Å². The summed E-state index contributed by atoms with van der Waals surface area (Å²) >= 11 is 5.97. The Morgan fingerprint density at radius 2 is 2.10 bits per heavy atom. The Bertz CT molecular complexity index is 561. The number of benzene rings is 1. The van der Waals surface area contributed by atoms with Gasteiger partial charge in [0.2, 0.25) is 11.8 Å². The monoisotopic (exact) mass is 292 g/mol. The van der Waals surface area contributed by atoms with Crippen LogP contribution in [0.25, 0.3) is 0 Å². The molecule has 106 valence electrons. The molecule has 5 heteroatoms. The minimum atomic E-state index is -0.393. The van der Waals surface area contributed by atoms with Crippen molar-refractivity contribution in [3.05, 3.63) is 34.9 Å². The Kier molecular flexibility index (Phi) is 3.42. The van der Waals surface area contributed by atoms with Crippen molar-refractivity contribution in [3.8, 4) is 0 Å². The van der Waals surface area contributed by atoms with Crippen LogP contribution in [0.2, 0.25) is 5.02 Å². The van der Waals surface area contributed by atoms with E-state index in [1.54, 1.807) is 22.8 Å². The first-order valence-electron chi connectivity index (χ1n) is 6.93. The highest BCUT2D eigenvalue weighted by atomic mass is 35.5. The quantitative estimate of drug-likeness (QED) is 0.837. The maximum absolute atomic E-state index is 12.6. The number of rotatable bonds is 2. The molecule has 0 aromatic heterocycles. The molecule has 2 atom stereocenters. The summed E-state index contributed by atoms with van der Waals surface area (Å²) < 4.78 is 0. The minimum absolute atomic E-state index is 0.0640. The van der Waals surface area contributed by atoms with Crippen LogP contribution < -0.4 is 0 Å². The molecule has 2 fully saturated rings. The molecule has 0 saturated carbocycles. The third-order valence-electron chi connectivity index (χ3n) is 4.17. The maximum atomic E-state index is 12.6. The molecule has 0 spiro atoms. The summed E-state index contributed by atoms with van der Waals surface area (Å²) in [4.78, 5) is 28.3. The van der Waals surface area contributed by atoms with Gasteiger partial charge in [-0.1, -0.05) is 23.7 Å². The standard InChI is InChI=1S/C15H17ClN2O2/c1-10-14(19)17-7-3-6-13(17)15(20)18(10)9-11-4-2-5-12(16)8-11/h2,4-5,8,10,13H,3,6-7,9H2,1H3/t10-,13-/m0/s1. The molecule has 0 radical (unpaired) electrons. The SMILES string of the molecule is C[C@H]1C(=O)N2CCC[C@H]2C(=O)N1Cc1cccc(Cl)c1. The Labute approximate surface area is 123 Å². The van der Waals surface area contributed by atoms with Crippen molar-refractivity contribution >= 4 is 23.4 Å². The average molecular weight is 293 g/mol. The Morgan fingerprint density at radius 1 is 1.30 bits per heavy atom. The zero-order valence-corrected chi connectivity index (χ0v) is 12.1. The molecule has 0 N–H and O–H groups in total. The third kappa shape index (κ3) is 2.18. The minimum Gasteiger partial charge on any atom is -0.329 e. The van der Waals surface area contributed by atoms with Crippen LogP contribution in [0.3, 0.4) is 0 Å². The highest BCUT2D eigenvalue weighted by Gasteiger charge is 2.45. The van der Waals surface area contributed by atoms with E-state index < -0.39 is 6.04 Å². The van der Waals surface area contributed by atoms with Gasteiger partial charge in [0, 0.05) is 18.1 Å². The first-order chi connectivity index (χ1) is 9.58. The van der Waals surface area contributed by atoms with Gasteiger partial charge in [-0.3, -0.25) is 9.59 Å². The Morgan fingerprint density at radius 3 is 2.85 bits per heavy atom. The van der Waals surface area contributed by atoms with Gasteiger partial charge in [0.1, 0.15) is 12.1 Å². The van der Waals surface area contributed by atoms with E-state index >= 15 is 0 Å². The van der Waals surface area contributed by atoms with E-state index in [0.717, 1.165) is 18.4 Å². The number of nitrogens with zero attached hydrogens (tertiary/aromatic N) is 2.